The van der Waals surface area contributed by atoms with E-state index in [2.05, 4.69) is 24.6 Å². The summed E-state index contributed by atoms with van der Waals surface area (Å²) < 4.78 is 5.41. The van der Waals surface area contributed by atoms with Crippen LogP contribution in [0.15, 0.2) is 24.6 Å². The molecule has 1 fully saturated rings. The van der Waals surface area contributed by atoms with Gasteiger partial charge in [0.2, 0.25) is 0 Å². The van der Waals surface area contributed by atoms with E-state index in [4.69, 9.17) is 4.74 Å². The summed E-state index contributed by atoms with van der Waals surface area (Å²) in [4.78, 5) is 0. The predicted molar refractivity (Wildman–Crippen MR) is 51.3 cm³/mol. The van der Waals surface area contributed by atoms with Gasteiger partial charge in [0.1, 0.15) is 0 Å². The van der Waals surface area contributed by atoms with Crippen molar-refractivity contribution in [2.24, 2.45) is 0 Å². The predicted octanol–water partition coefficient (Wildman–Crippen LogP) is 1.84. The molecule has 1 aliphatic heterocycles. The zero-order valence-electron chi connectivity index (χ0n) is 6.96. The molecule has 11 heavy (non-hydrogen) atoms. The number of ether oxygens (including phenoxy) is 1. The molecule has 1 nitrogen and oxygen atoms in total. The third-order valence-corrected chi connectivity index (χ3v) is 4.99. The van der Waals surface area contributed by atoms with Crippen LogP contribution in [0.2, 0.25) is 5.54 Å². The highest BCUT2D eigenvalue weighted by atomic mass is 28.3. The van der Waals surface area contributed by atoms with E-state index < -0.39 is 8.80 Å². The molecule has 1 saturated heterocycles. The first-order valence-electron chi connectivity index (χ1n) is 4.21. The van der Waals surface area contributed by atoms with Crippen molar-refractivity contribution in [3.8, 4) is 0 Å². The minimum Gasteiger partial charge on any atom is -0.381 e. The van der Waals surface area contributed by atoms with Crippen LogP contribution in [0.1, 0.15) is 12.8 Å². The van der Waals surface area contributed by atoms with Gasteiger partial charge in [-0.25, -0.2) is 0 Å². The Balaban J connectivity index is 2.42. The Bertz CT molecular complexity index is 130. The average Bonchev–Trinajstić information content (AvgIpc) is 2.09. The quantitative estimate of drug-likeness (QED) is 0.584. The van der Waals surface area contributed by atoms with E-state index in [1.165, 1.54) is 12.8 Å². The second-order valence-electron chi connectivity index (χ2n) is 3.03. The molecule has 1 atom stereocenters. The Morgan fingerprint density at radius 3 is 2.55 bits per heavy atom. The van der Waals surface area contributed by atoms with Gasteiger partial charge in [0.25, 0.3) is 0 Å². The summed E-state index contributed by atoms with van der Waals surface area (Å²) >= 11 is 0. The molecule has 0 aromatic carbocycles. The van der Waals surface area contributed by atoms with Crippen molar-refractivity contribution in [1.29, 1.82) is 0 Å². The van der Waals surface area contributed by atoms with E-state index in [0.717, 1.165) is 18.8 Å². The second kappa shape index (κ2) is 4.52. The molecule has 62 valence electrons. The lowest BCUT2D eigenvalue weighted by atomic mass is 10.2. The third kappa shape index (κ3) is 2.31. The summed E-state index contributed by atoms with van der Waals surface area (Å²) in [6.45, 7) is 9.57. The van der Waals surface area contributed by atoms with Crippen LogP contribution in [-0.2, 0) is 4.74 Å². The third-order valence-electron chi connectivity index (χ3n) is 2.28. The molecular formula is C9H16OSi. The van der Waals surface area contributed by atoms with Crippen LogP contribution in [0.5, 0.6) is 0 Å². The summed E-state index contributed by atoms with van der Waals surface area (Å²) in [5, 5.41) is 0. The lowest BCUT2D eigenvalue weighted by Gasteiger charge is -2.24. The highest BCUT2D eigenvalue weighted by Crippen LogP contribution is 2.23. The maximum atomic E-state index is 5.41. The standard InChI is InChI=1S/C9H16OSi/c1-3-11(4-2)9-6-5-7-10-8-9/h3-4,9,11H,1-2,5-8H2. The number of hydrogen-bond acceptors (Lipinski definition) is 1. The van der Waals surface area contributed by atoms with Gasteiger partial charge in [-0.15, -0.1) is 24.6 Å². The molecule has 2 heteroatoms. The topological polar surface area (TPSA) is 9.23 Å². The van der Waals surface area contributed by atoms with E-state index >= 15 is 0 Å². The van der Waals surface area contributed by atoms with Crippen LogP contribution < -0.4 is 0 Å². The van der Waals surface area contributed by atoms with Crippen LogP contribution >= 0.6 is 0 Å². The van der Waals surface area contributed by atoms with Gasteiger partial charge >= 0.3 is 0 Å². The molecule has 1 unspecified atom stereocenters. The van der Waals surface area contributed by atoms with Gasteiger partial charge in [-0.1, -0.05) is 0 Å². The maximum absolute atomic E-state index is 5.41. The minimum atomic E-state index is -0.871. The van der Waals surface area contributed by atoms with E-state index in [0.29, 0.717) is 0 Å². The fourth-order valence-corrected chi connectivity index (χ4v) is 3.49. The van der Waals surface area contributed by atoms with E-state index in [1.807, 2.05) is 0 Å². The fourth-order valence-electron chi connectivity index (χ4n) is 1.55. The lowest BCUT2D eigenvalue weighted by molar-refractivity contribution is 0.0964. The van der Waals surface area contributed by atoms with E-state index in [-0.39, 0.29) is 0 Å². The lowest BCUT2D eigenvalue weighted by Crippen LogP contribution is -2.24. The van der Waals surface area contributed by atoms with Crippen LogP contribution in [0.4, 0.5) is 0 Å². The molecule has 0 amide bonds. The Morgan fingerprint density at radius 1 is 1.36 bits per heavy atom. The molecule has 0 aliphatic carbocycles. The van der Waals surface area contributed by atoms with Gasteiger partial charge in [0.15, 0.2) is 0 Å². The first kappa shape index (κ1) is 8.75. The summed E-state index contributed by atoms with van der Waals surface area (Å²) in [6.07, 6.45) is 2.53. The van der Waals surface area contributed by atoms with Crippen molar-refractivity contribution in [1.82, 2.24) is 0 Å². The molecule has 0 N–H and O–H groups in total. The normalized spacial score (nSPS) is 25.0. The first-order chi connectivity index (χ1) is 5.38. The summed E-state index contributed by atoms with van der Waals surface area (Å²) in [7, 11) is -0.871. The van der Waals surface area contributed by atoms with Crippen molar-refractivity contribution in [3.63, 3.8) is 0 Å². The molecule has 1 aliphatic rings. The van der Waals surface area contributed by atoms with Crippen LogP contribution in [0, 0.1) is 0 Å². The van der Waals surface area contributed by atoms with Gasteiger partial charge < -0.3 is 4.74 Å². The monoisotopic (exact) mass is 168 g/mol. The average molecular weight is 168 g/mol. The number of rotatable bonds is 3. The molecular weight excluding hydrogens is 152 g/mol. The molecule has 1 rings (SSSR count). The van der Waals surface area contributed by atoms with E-state index in [1.54, 1.807) is 0 Å². The molecule has 0 radical (unpaired) electrons. The van der Waals surface area contributed by atoms with Crippen molar-refractivity contribution >= 4 is 8.80 Å². The second-order valence-corrected chi connectivity index (χ2v) is 6.07. The fraction of sp³-hybridized carbons (Fsp3) is 0.556. The smallest absolute Gasteiger partial charge is 0.0891 e. The van der Waals surface area contributed by atoms with Crippen LogP contribution in [-0.4, -0.2) is 22.0 Å². The van der Waals surface area contributed by atoms with Crippen LogP contribution in [0.3, 0.4) is 0 Å². The molecule has 0 aromatic rings. The SMILES string of the molecule is C=C[SiH](C=C)C1CCCOC1. The Kier molecular flexibility index (Phi) is 3.59. The Morgan fingerprint density at radius 2 is 2.09 bits per heavy atom. The van der Waals surface area contributed by atoms with Crippen molar-refractivity contribution < 1.29 is 4.74 Å². The van der Waals surface area contributed by atoms with Crippen molar-refractivity contribution in [2.75, 3.05) is 13.2 Å². The highest BCUT2D eigenvalue weighted by molar-refractivity contribution is 6.70. The summed E-state index contributed by atoms with van der Waals surface area (Å²) in [6, 6.07) is 0. The maximum Gasteiger partial charge on any atom is 0.0891 e. The Hall–Kier alpha value is -0.343. The highest BCUT2D eigenvalue weighted by Gasteiger charge is 2.20. The zero-order chi connectivity index (χ0) is 8.10. The minimum absolute atomic E-state index is 0.763. The van der Waals surface area contributed by atoms with Crippen LogP contribution in [0.25, 0.3) is 0 Å². The summed E-state index contributed by atoms with van der Waals surface area (Å²) in [5.74, 6) is 0. The first-order valence-corrected chi connectivity index (χ1v) is 6.21. The molecule has 0 bridgehead atoms. The van der Waals surface area contributed by atoms with Crippen molar-refractivity contribution in [2.45, 2.75) is 18.4 Å². The molecule has 0 spiro atoms. The number of hydrogen-bond donors (Lipinski definition) is 0. The van der Waals surface area contributed by atoms with Crippen molar-refractivity contribution in [3.05, 3.63) is 24.6 Å². The zero-order valence-corrected chi connectivity index (χ0v) is 8.11. The van der Waals surface area contributed by atoms with Gasteiger partial charge in [0.05, 0.1) is 8.80 Å². The van der Waals surface area contributed by atoms with Gasteiger partial charge in [-0.3, -0.25) is 0 Å². The molecule has 1 heterocycles. The Labute approximate surface area is 70.4 Å². The van der Waals surface area contributed by atoms with Gasteiger partial charge in [0, 0.05) is 13.2 Å². The van der Waals surface area contributed by atoms with E-state index in [9.17, 15) is 0 Å². The summed E-state index contributed by atoms with van der Waals surface area (Å²) in [5.41, 5.74) is 4.97. The van der Waals surface area contributed by atoms with Gasteiger partial charge in [-0.2, -0.15) is 0 Å². The van der Waals surface area contributed by atoms with Gasteiger partial charge in [-0.05, 0) is 18.4 Å². The molecule has 0 aromatic heterocycles. The molecule has 0 saturated carbocycles. The largest absolute Gasteiger partial charge is 0.381 e.